The van der Waals surface area contributed by atoms with Gasteiger partial charge in [-0.15, -0.1) is 21.9 Å². The summed E-state index contributed by atoms with van der Waals surface area (Å²) in [6.07, 6.45) is 0. The normalized spacial score (nSPS) is 25.4. The average Bonchev–Trinajstić information content (AvgIpc) is 2.92. The third-order valence-electron chi connectivity index (χ3n) is 4.68. The van der Waals surface area contributed by atoms with Gasteiger partial charge in [0.05, 0.1) is 0 Å². The second-order valence-corrected chi connectivity index (χ2v) is 8.79. The zero-order chi connectivity index (χ0) is 21.5. The van der Waals surface area contributed by atoms with E-state index in [-0.39, 0.29) is 5.75 Å². The lowest BCUT2D eigenvalue weighted by Crippen LogP contribution is -2.71. The molecule has 2 amide bonds. The highest BCUT2D eigenvalue weighted by Crippen LogP contribution is 2.51. The summed E-state index contributed by atoms with van der Waals surface area (Å²) in [7, 11) is 0. The fourth-order valence-electron chi connectivity index (χ4n) is 3.32. The van der Waals surface area contributed by atoms with Gasteiger partial charge in [0.15, 0.2) is 0 Å². The minimum Gasteiger partial charge on any atom is -0.508 e. The molecule has 2 aliphatic heterocycles. The molecule has 3 rings (SSSR count). The van der Waals surface area contributed by atoms with Crippen LogP contribution in [0, 0.1) is 10.1 Å². The van der Waals surface area contributed by atoms with Gasteiger partial charge < -0.3 is 21.1 Å². The van der Waals surface area contributed by atoms with Crippen molar-refractivity contribution in [1.82, 2.24) is 10.2 Å². The van der Waals surface area contributed by atoms with E-state index in [2.05, 4.69) is 15.2 Å². The minimum atomic E-state index is -1.28. The number of hydrogen-bond donors (Lipinski definition) is 3. The molecule has 12 nitrogen and oxygen atoms in total. The number of rotatable bonds is 6. The largest absolute Gasteiger partial charge is 0.508 e. The second-order valence-electron chi connectivity index (χ2n) is 7.02. The van der Waals surface area contributed by atoms with Crippen molar-refractivity contribution in [2.75, 3.05) is 0 Å². The van der Waals surface area contributed by atoms with Crippen molar-refractivity contribution in [2.45, 2.75) is 42.1 Å². The first-order chi connectivity index (χ1) is 13.5. The standard InChI is InChI=1S/C16H18N4O8S/c1-16(2)11(15(24)27-28-20(25)26)19-13(23)10(14(19)29-16)18-12(22)9(17)7-3-5-8(21)6-4-7/h3-6,9-11,14,21H,17H2,1-2H3,(H,18,22)/t9-,10-,11+,14-/m1/s1. The van der Waals surface area contributed by atoms with E-state index in [1.165, 1.54) is 40.9 Å². The van der Waals surface area contributed by atoms with Crippen LogP contribution in [0.1, 0.15) is 25.5 Å². The first-order valence-corrected chi connectivity index (χ1v) is 9.28. The predicted molar refractivity (Wildman–Crippen MR) is 97.2 cm³/mol. The van der Waals surface area contributed by atoms with Crippen LogP contribution < -0.4 is 11.1 Å². The summed E-state index contributed by atoms with van der Waals surface area (Å²) in [5.41, 5.74) is 6.36. The topological polar surface area (TPSA) is 174 Å². The number of nitrogens with one attached hydrogen (secondary N) is 1. The van der Waals surface area contributed by atoms with Gasteiger partial charge in [-0.3, -0.25) is 14.5 Å². The van der Waals surface area contributed by atoms with Crippen LogP contribution in [-0.2, 0) is 24.3 Å². The summed E-state index contributed by atoms with van der Waals surface area (Å²) >= 11 is 1.24. The molecule has 0 spiro atoms. The molecular weight excluding hydrogens is 408 g/mol. The highest BCUT2D eigenvalue weighted by molar-refractivity contribution is 8.01. The molecule has 0 aliphatic carbocycles. The lowest BCUT2D eigenvalue weighted by atomic mass is 9.95. The van der Waals surface area contributed by atoms with E-state index in [0.717, 1.165) is 0 Å². The Morgan fingerprint density at radius 2 is 2.00 bits per heavy atom. The van der Waals surface area contributed by atoms with E-state index in [0.29, 0.717) is 5.56 Å². The smallest absolute Gasteiger partial charge is 0.366 e. The van der Waals surface area contributed by atoms with Crippen molar-refractivity contribution in [3.63, 3.8) is 0 Å². The Morgan fingerprint density at radius 1 is 1.38 bits per heavy atom. The number of phenols is 1. The number of β-lactam (4-membered cyclic amide) rings is 1. The van der Waals surface area contributed by atoms with E-state index in [1.807, 2.05) is 0 Å². The summed E-state index contributed by atoms with van der Waals surface area (Å²) in [6, 6.07) is 2.65. The maximum absolute atomic E-state index is 12.6. The zero-order valence-electron chi connectivity index (χ0n) is 15.3. The molecule has 13 heteroatoms. The third-order valence-corrected chi connectivity index (χ3v) is 6.25. The average molecular weight is 426 g/mol. The van der Waals surface area contributed by atoms with Crippen LogP contribution in [0.15, 0.2) is 24.3 Å². The van der Waals surface area contributed by atoms with Crippen molar-refractivity contribution in [1.29, 1.82) is 0 Å². The lowest BCUT2D eigenvalue weighted by molar-refractivity contribution is -0.839. The number of hydrogen-bond acceptors (Lipinski definition) is 10. The van der Waals surface area contributed by atoms with Crippen LogP contribution >= 0.6 is 11.8 Å². The summed E-state index contributed by atoms with van der Waals surface area (Å²) in [6.45, 7) is 3.34. The summed E-state index contributed by atoms with van der Waals surface area (Å²) < 4.78 is -0.837. The van der Waals surface area contributed by atoms with Crippen molar-refractivity contribution in [2.24, 2.45) is 5.73 Å². The van der Waals surface area contributed by atoms with Gasteiger partial charge in [0.2, 0.25) is 11.8 Å². The Balaban J connectivity index is 1.68. The molecule has 1 aromatic rings. The van der Waals surface area contributed by atoms with Crippen molar-refractivity contribution >= 4 is 29.5 Å². The molecule has 2 aliphatic rings. The molecule has 2 heterocycles. The van der Waals surface area contributed by atoms with Gasteiger partial charge in [-0.05, 0) is 31.5 Å². The molecule has 0 radical (unpaired) electrons. The molecule has 0 aromatic heterocycles. The van der Waals surface area contributed by atoms with E-state index in [9.17, 15) is 29.6 Å². The maximum atomic E-state index is 12.6. The molecule has 156 valence electrons. The number of carbonyl (C=O) groups excluding carboxylic acids is 3. The molecule has 29 heavy (non-hydrogen) atoms. The zero-order valence-corrected chi connectivity index (χ0v) is 16.1. The van der Waals surface area contributed by atoms with Crippen LogP contribution in [0.5, 0.6) is 5.75 Å². The van der Waals surface area contributed by atoms with Crippen LogP contribution in [0.25, 0.3) is 0 Å². The summed E-state index contributed by atoms with van der Waals surface area (Å²) in [4.78, 5) is 56.4. The third kappa shape index (κ3) is 3.78. The Labute approximate surface area is 168 Å². The van der Waals surface area contributed by atoms with Crippen molar-refractivity contribution in [3.05, 3.63) is 39.9 Å². The number of amides is 2. The molecule has 4 atom stereocenters. The Morgan fingerprint density at radius 3 is 2.59 bits per heavy atom. The van der Waals surface area contributed by atoms with E-state index in [1.54, 1.807) is 13.8 Å². The minimum absolute atomic E-state index is 0.0229. The van der Waals surface area contributed by atoms with E-state index in [4.69, 9.17) is 5.73 Å². The van der Waals surface area contributed by atoms with E-state index < -0.39 is 51.1 Å². The van der Waals surface area contributed by atoms with Gasteiger partial charge in [-0.1, -0.05) is 17.1 Å². The molecule has 2 saturated heterocycles. The highest BCUT2D eigenvalue weighted by Gasteiger charge is 2.65. The quantitative estimate of drug-likeness (QED) is 0.235. The second kappa shape index (κ2) is 7.40. The Bertz CT molecular complexity index is 861. The van der Waals surface area contributed by atoms with Crippen LogP contribution in [0.2, 0.25) is 0 Å². The van der Waals surface area contributed by atoms with Crippen LogP contribution in [0.4, 0.5) is 0 Å². The Hall–Kier alpha value is -3.06. The van der Waals surface area contributed by atoms with Gasteiger partial charge in [-0.2, -0.15) is 0 Å². The first kappa shape index (κ1) is 20.7. The number of benzene rings is 1. The molecular formula is C16H18N4O8S. The predicted octanol–water partition coefficient (Wildman–Crippen LogP) is -0.394. The highest BCUT2D eigenvalue weighted by atomic mass is 32.2. The number of nitrogens with zero attached hydrogens (tertiary/aromatic N) is 2. The van der Waals surface area contributed by atoms with Gasteiger partial charge >= 0.3 is 11.1 Å². The van der Waals surface area contributed by atoms with Gasteiger partial charge in [-0.25, -0.2) is 4.79 Å². The van der Waals surface area contributed by atoms with Crippen LogP contribution in [-0.4, -0.2) is 55.1 Å². The maximum Gasteiger partial charge on any atom is 0.366 e. The molecule has 2 fully saturated rings. The first-order valence-electron chi connectivity index (χ1n) is 8.40. The fraction of sp³-hybridized carbons (Fsp3) is 0.438. The van der Waals surface area contributed by atoms with Gasteiger partial charge in [0.1, 0.15) is 29.2 Å². The Kier molecular flexibility index (Phi) is 5.28. The molecule has 1 aromatic carbocycles. The lowest BCUT2D eigenvalue weighted by Gasteiger charge is -2.43. The van der Waals surface area contributed by atoms with Crippen molar-refractivity contribution in [3.8, 4) is 5.75 Å². The SMILES string of the molecule is CC1(C)S[C@@H]2[C@H](NC(=O)[C@H](N)c3ccc(O)cc3)C(=O)N2[C@H]1C(=O)OO[N+](=O)[O-]. The number of aromatic hydroxyl groups is 1. The molecule has 4 N–H and O–H groups in total. The molecule has 0 unspecified atom stereocenters. The summed E-state index contributed by atoms with van der Waals surface area (Å²) in [5, 5.41) is 20.3. The number of carbonyl (C=O) groups is 3. The van der Waals surface area contributed by atoms with Crippen LogP contribution in [0.3, 0.4) is 0 Å². The number of phenolic OH excluding ortho intramolecular Hbond substituents is 1. The molecule has 0 bridgehead atoms. The van der Waals surface area contributed by atoms with E-state index >= 15 is 0 Å². The number of fused-ring (bicyclic) bond motifs is 1. The number of thioether (sulfide) groups is 1. The summed E-state index contributed by atoms with van der Waals surface area (Å²) in [5.74, 6) is -2.20. The van der Waals surface area contributed by atoms with Gasteiger partial charge in [0, 0.05) is 4.75 Å². The van der Waals surface area contributed by atoms with Crippen molar-refractivity contribution < 1.29 is 34.5 Å². The monoisotopic (exact) mass is 426 g/mol. The molecule has 0 saturated carbocycles. The van der Waals surface area contributed by atoms with Gasteiger partial charge in [0.25, 0.3) is 0 Å². The number of nitrogens with two attached hydrogens (primary N) is 1. The fourth-order valence-corrected chi connectivity index (χ4v) is 4.94.